The molecule has 36 heavy (non-hydrogen) atoms. The number of carbonyl (C=O) groups is 1. The van der Waals surface area contributed by atoms with Gasteiger partial charge in [-0.15, -0.1) is 11.3 Å². The van der Waals surface area contributed by atoms with Crippen LogP contribution in [0.3, 0.4) is 0 Å². The summed E-state index contributed by atoms with van der Waals surface area (Å²) in [5.41, 5.74) is 0.771. The third-order valence-electron chi connectivity index (χ3n) is 5.60. The van der Waals surface area contributed by atoms with E-state index in [1.165, 1.54) is 33.3 Å². The van der Waals surface area contributed by atoms with Gasteiger partial charge in [0.2, 0.25) is 0 Å². The van der Waals surface area contributed by atoms with E-state index >= 15 is 0 Å². The molecule has 0 fully saturated rings. The molecule has 4 aromatic rings. The van der Waals surface area contributed by atoms with Crippen LogP contribution in [0.15, 0.2) is 79.4 Å². The maximum atomic E-state index is 13.6. The largest absolute Gasteiger partial charge is 0.463 e. The molecule has 9 nitrogen and oxygen atoms in total. The molecule has 5 rings (SSSR count). The number of thiophene rings is 1. The predicted molar refractivity (Wildman–Crippen MR) is 136 cm³/mol. The van der Waals surface area contributed by atoms with Gasteiger partial charge in [0.1, 0.15) is 17.6 Å². The molecule has 1 aliphatic rings. The van der Waals surface area contributed by atoms with Crippen molar-refractivity contribution in [2.75, 3.05) is 6.61 Å². The molecule has 0 amide bonds. The fraction of sp³-hybridized carbons (Fsp3) is 0.160. The van der Waals surface area contributed by atoms with Crippen LogP contribution in [0.1, 0.15) is 30.5 Å². The van der Waals surface area contributed by atoms with Crippen LogP contribution in [0.25, 0.3) is 17.4 Å². The number of rotatable bonds is 6. The van der Waals surface area contributed by atoms with E-state index in [9.17, 15) is 19.7 Å². The number of benzene rings is 1. The number of ether oxygens (including phenoxy) is 1. The average molecular weight is 522 g/mol. The lowest BCUT2D eigenvalue weighted by Crippen LogP contribution is -2.39. The van der Waals surface area contributed by atoms with Crippen molar-refractivity contribution in [2.45, 2.75) is 19.9 Å². The number of allylic oxidation sites excluding steroid dienone is 1. The number of hydrogen-bond donors (Lipinski definition) is 0. The lowest BCUT2D eigenvalue weighted by atomic mass is 10.0. The Morgan fingerprint density at radius 2 is 2.06 bits per heavy atom. The number of carbonyl (C=O) groups excluding carboxylic acids is 1. The van der Waals surface area contributed by atoms with Gasteiger partial charge in [0, 0.05) is 17.0 Å². The van der Waals surface area contributed by atoms with Crippen molar-refractivity contribution in [1.82, 2.24) is 4.57 Å². The second kappa shape index (κ2) is 9.51. The number of fused-ring (bicyclic) bond motifs is 1. The zero-order valence-electron chi connectivity index (χ0n) is 19.2. The van der Waals surface area contributed by atoms with Gasteiger partial charge in [0.25, 0.3) is 11.2 Å². The fourth-order valence-electron chi connectivity index (χ4n) is 4.05. The molecule has 1 aromatic carbocycles. The summed E-state index contributed by atoms with van der Waals surface area (Å²) in [6, 6.07) is 12.6. The SMILES string of the molecule is CCOC(=O)C1=C(C)N=c2s/c(=C/c3ccc(-c4ccccc4[N+](=O)[O-])o3)c(=O)n2[C@H]1c1cccs1. The summed E-state index contributed by atoms with van der Waals surface area (Å²) >= 11 is 2.62. The lowest BCUT2D eigenvalue weighted by molar-refractivity contribution is -0.384. The van der Waals surface area contributed by atoms with Crippen LogP contribution >= 0.6 is 22.7 Å². The van der Waals surface area contributed by atoms with Crippen molar-refractivity contribution in [3.05, 3.63) is 106 Å². The van der Waals surface area contributed by atoms with E-state index in [4.69, 9.17) is 9.15 Å². The predicted octanol–water partition coefficient (Wildman–Crippen LogP) is 4.03. The third kappa shape index (κ3) is 4.12. The molecular formula is C25H19N3O6S2. The summed E-state index contributed by atoms with van der Waals surface area (Å²) in [5, 5.41) is 13.3. The van der Waals surface area contributed by atoms with Gasteiger partial charge < -0.3 is 9.15 Å². The maximum Gasteiger partial charge on any atom is 0.338 e. The Morgan fingerprint density at radius 3 is 2.78 bits per heavy atom. The van der Waals surface area contributed by atoms with E-state index in [-0.39, 0.29) is 17.9 Å². The Hall–Kier alpha value is -4.09. The molecule has 1 aliphatic heterocycles. The summed E-state index contributed by atoms with van der Waals surface area (Å²) in [4.78, 5) is 43.1. The number of hydrogen-bond acceptors (Lipinski definition) is 9. The van der Waals surface area contributed by atoms with Crippen molar-refractivity contribution >= 4 is 40.4 Å². The van der Waals surface area contributed by atoms with Gasteiger partial charge in [-0.1, -0.05) is 29.5 Å². The molecule has 0 bridgehead atoms. The van der Waals surface area contributed by atoms with Crippen molar-refractivity contribution < 1.29 is 18.9 Å². The van der Waals surface area contributed by atoms with Crippen molar-refractivity contribution in [3.63, 3.8) is 0 Å². The summed E-state index contributed by atoms with van der Waals surface area (Å²) in [6.07, 6.45) is 1.58. The molecule has 1 atom stereocenters. The molecule has 0 N–H and O–H groups in total. The quantitative estimate of drug-likeness (QED) is 0.215. The number of thiazole rings is 1. The van der Waals surface area contributed by atoms with Crippen LogP contribution in [0.4, 0.5) is 5.69 Å². The molecule has 0 saturated carbocycles. The number of aromatic nitrogens is 1. The minimum atomic E-state index is -0.651. The van der Waals surface area contributed by atoms with Gasteiger partial charge in [-0.2, -0.15) is 0 Å². The van der Waals surface area contributed by atoms with Crippen LogP contribution in [0, 0.1) is 10.1 Å². The van der Waals surface area contributed by atoms with Gasteiger partial charge >= 0.3 is 5.97 Å². The topological polar surface area (TPSA) is 117 Å². The first-order valence-electron chi connectivity index (χ1n) is 11.0. The minimum absolute atomic E-state index is 0.0734. The first-order chi connectivity index (χ1) is 17.4. The molecule has 182 valence electrons. The van der Waals surface area contributed by atoms with E-state index in [2.05, 4.69) is 4.99 Å². The van der Waals surface area contributed by atoms with Crippen LogP contribution < -0.4 is 14.9 Å². The van der Waals surface area contributed by atoms with E-state index in [0.29, 0.717) is 37.7 Å². The highest BCUT2D eigenvalue weighted by molar-refractivity contribution is 7.10. The number of nitro groups is 1. The van der Waals surface area contributed by atoms with E-state index in [1.807, 2.05) is 17.5 Å². The van der Waals surface area contributed by atoms with Crippen LogP contribution in [-0.2, 0) is 9.53 Å². The zero-order valence-corrected chi connectivity index (χ0v) is 20.8. The Labute approximate surface area is 212 Å². The first-order valence-corrected chi connectivity index (χ1v) is 12.7. The van der Waals surface area contributed by atoms with Gasteiger partial charge in [-0.05, 0) is 43.5 Å². The first kappa shape index (κ1) is 23.6. The summed E-state index contributed by atoms with van der Waals surface area (Å²) < 4.78 is 13.0. The smallest absolute Gasteiger partial charge is 0.338 e. The fourth-order valence-corrected chi connectivity index (χ4v) is 5.90. The van der Waals surface area contributed by atoms with Gasteiger partial charge in [-0.25, -0.2) is 9.79 Å². The van der Waals surface area contributed by atoms with Gasteiger partial charge in [0.15, 0.2) is 4.80 Å². The standard InChI is InChI=1S/C25H19N3O6S2/c1-3-33-24(30)21-14(2)26-25-27(22(21)19-9-6-12-35-19)23(29)20(36-25)13-15-10-11-18(34-15)16-7-4-5-8-17(16)28(31)32/h4-13,22H,3H2,1-2H3/b20-13+/t22-/m0/s1. The minimum Gasteiger partial charge on any atom is -0.463 e. The zero-order chi connectivity index (χ0) is 25.4. The second-order valence-electron chi connectivity index (χ2n) is 7.79. The Bertz CT molecular complexity index is 1690. The van der Waals surface area contributed by atoms with Gasteiger partial charge in [0.05, 0.1) is 32.9 Å². The Morgan fingerprint density at radius 1 is 1.25 bits per heavy atom. The molecule has 0 aliphatic carbocycles. The highest BCUT2D eigenvalue weighted by Crippen LogP contribution is 2.33. The van der Waals surface area contributed by atoms with Crippen molar-refractivity contribution in [2.24, 2.45) is 4.99 Å². The normalized spacial score (nSPS) is 15.5. The summed E-state index contributed by atoms with van der Waals surface area (Å²) in [7, 11) is 0. The molecule has 0 saturated heterocycles. The van der Waals surface area contributed by atoms with Crippen LogP contribution in [-0.4, -0.2) is 22.1 Å². The van der Waals surface area contributed by atoms with Crippen LogP contribution in [0.2, 0.25) is 0 Å². The molecular weight excluding hydrogens is 502 g/mol. The molecule has 0 spiro atoms. The van der Waals surface area contributed by atoms with E-state index < -0.39 is 16.9 Å². The van der Waals surface area contributed by atoms with Crippen molar-refractivity contribution in [1.29, 1.82) is 0 Å². The van der Waals surface area contributed by atoms with Gasteiger partial charge in [-0.3, -0.25) is 19.5 Å². The number of nitro benzene ring substituents is 1. The number of esters is 1. The average Bonchev–Trinajstić information content (AvgIpc) is 3.60. The number of furan rings is 1. The Kier molecular flexibility index (Phi) is 6.25. The Balaban J connectivity index is 1.62. The van der Waals surface area contributed by atoms with E-state index in [0.717, 1.165) is 4.88 Å². The molecule has 0 unspecified atom stereocenters. The highest BCUT2D eigenvalue weighted by Gasteiger charge is 2.33. The number of para-hydroxylation sites is 1. The number of nitrogens with zero attached hydrogens (tertiary/aromatic N) is 3. The maximum absolute atomic E-state index is 13.6. The molecule has 11 heteroatoms. The molecule has 3 aromatic heterocycles. The van der Waals surface area contributed by atoms with Crippen LogP contribution in [0.5, 0.6) is 0 Å². The highest BCUT2D eigenvalue weighted by atomic mass is 32.1. The summed E-state index contributed by atoms with van der Waals surface area (Å²) in [6.45, 7) is 3.66. The second-order valence-corrected chi connectivity index (χ2v) is 9.78. The third-order valence-corrected chi connectivity index (χ3v) is 7.50. The molecule has 4 heterocycles. The summed E-state index contributed by atoms with van der Waals surface area (Å²) in [5.74, 6) is 0.173. The lowest BCUT2D eigenvalue weighted by Gasteiger charge is -2.23. The monoisotopic (exact) mass is 521 g/mol. The molecule has 0 radical (unpaired) electrons. The van der Waals surface area contributed by atoms with Crippen molar-refractivity contribution in [3.8, 4) is 11.3 Å². The van der Waals surface area contributed by atoms with E-state index in [1.54, 1.807) is 50.3 Å².